The Morgan fingerprint density at radius 1 is 1.27 bits per heavy atom. The molecule has 1 rings (SSSR count). The Balaban J connectivity index is 2.86. The van der Waals surface area contributed by atoms with E-state index >= 15 is 0 Å². The lowest BCUT2D eigenvalue weighted by Crippen LogP contribution is -2.77. The van der Waals surface area contributed by atoms with E-state index in [9.17, 15) is 0 Å². The van der Waals surface area contributed by atoms with Crippen LogP contribution in [0.2, 0.25) is 10.0 Å². The second-order valence-corrected chi connectivity index (χ2v) is 3.18. The van der Waals surface area contributed by atoms with Crippen LogP contribution in [-0.4, -0.2) is 7.05 Å². The molecular weight excluding hydrogens is 181 g/mol. The second-order valence-electron chi connectivity index (χ2n) is 2.36. The summed E-state index contributed by atoms with van der Waals surface area (Å²) in [6.45, 7) is 0.941. The van der Waals surface area contributed by atoms with Gasteiger partial charge < -0.3 is 5.32 Å². The van der Waals surface area contributed by atoms with Crippen molar-refractivity contribution in [2.45, 2.75) is 6.54 Å². The molecule has 0 bridgehead atoms. The normalized spacial score (nSPS) is 10.1. The van der Waals surface area contributed by atoms with Crippen molar-refractivity contribution in [3.05, 3.63) is 33.8 Å². The minimum Gasteiger partial charge on any atom is -0.345 e. The monoisotopic (exact) mass is 190 g/mol. The van der Waals surface area contributed by atoms with Crippen LogP contribution in [0.1, 0.15) is 5.56 Å². The fourth-order valence-electron chi connectivity index (χ4n) is 0.902. The first-order chi connectivity index (χ1) is 5.24. The third kappa shape index (κ3) is 2.37. The lowest BCUT2D eigenvalue weighted by atomic mass is 10.2. The van der Waals surface area contributed by atoms with Gasteiger partial charge >= 0.3 is 0 Å². The maximum atomic E-state index is 5.80. The quantitative estimate of drug-likeness (QED) is 0.732. The number of quaternary nitrogens is 1. The largest absolute Gasteiger partial charge is 0.345 e. The number of halogens is 2. The van der Waals surface area contributed by atoms with E-state index in [0.29, 0.717) is 10.0 Å². The second kappa shape index (κ2) is 3.96. The van der Waals surface area contributed by atoms with Crippen LogP contribution in [0.15, 0.2) is 18.2 Å². The van der Waals surface area contributed by atoms with Crippen molar-refractivity contribution >= 4 is 23.2 Å². The Morgan fingerprint density at radius 2 is 2.00 bits per heavy atom. The Kier molecular flexibility index (Phi) is 3.18. The van der Waals surface area contributed by atoms with Gasteiger partial charge in [0.05, 0.1) is 17.1 Å². The molecule has 2 N–H and O–H groups in total. The molecule has 1 aromatic rings. The number of hydrogen-bond acceptors (Lipinski definition) is 0. The molecule has 0 radical (unpaired) electrons. The third-order valence-electron chi connectivity index (χ3n) is 1.42. The van der Waals surface area contributed by atoms with Gasteiger partial charge in [-0.25, -0.2) is 0 Å². The smallest absolute Gasteiger partial charge is 0.101 e. The standard InChI is InChI=1S/C8H9Cl2N/c1-11-5-6-2-3-7(9)8(10)4-6/h2-4,11H,5H2,1H3/p+1. The van der Waals surface area contributed by atoms with E-state index in [-0.39, 0.29) is 0 Å². The predicted molar refractivity (Wildman–Crippen MR) is 48.0 cm³/mol. The Hall–Kier alpha value is -0.240. The SMILES string of the molecule is C[NH2+]Cc1ccc(Cl)c(Cl)c1. The number of benzene rings is 1. The molecule has 11 heavy (non-hydrogen) atoms. The van der Waals surface area contributed by atoms with Crippen molar-refractivity contribution in [3.63, 3.8) is 0 Å². The molecule has 0 unspecified atom stereocenters. The van der Waals surface area contributed by atoms with E-state index < -0.39 is 0 Å². The summed E-state index contributed by atoms with van der Waals surface area (Å²) < 4.78 is 0. The summed E-state index contributed by atoms with van der Waals surface area (Å²) in [6.07, 6.45) is 0. The first-order valence-electron chi connectivity index (χ1n) is 3.46. The van der Waals surface area contributed by atoms with Crippen molar-refractivity contribution in [1.29, 1.82) is 0 Å². The summed E-state index contributed by atoms with van der Waals surface area (Å²) >= 11 is 11.5. The summed E-state index contributed by atoms with van der Waals surface area (Å²) in [5.41, 5.74) is 1.20. The molecule has 0 aromatic heterocycles. The number of nitrogens with two attached hydrogens (primary N) is 1. The predicted octanol–water partition coefficient (Wildman–Crippen LogP) is 1.69. The van der Waals surface area contributed by atoms with E-state index in [1.807, 2.05) is 25.2 Å². The summed E-state index contributed by atoms with van der Waals surface area (Å²) in [4.78, 5) is 0. The Labute approximate surface area is 76.3 Å². The maximum Gasteiger partial charge on any atom is 0.101 e. The molecule has 0 spiro atoms. The van der Waals surface area contributed by atoms with E-state index in [2.05, 4.69) is 5.32 Å². The van der Waals surface area contributed by atoms with Gasteiger partial charge in [-0.3, -0.25) is 0 Å². The minimum absolute atomic E-state index is 0.617. The molecule has 1 aromatic carbocycles. The molecule has 0 aliphatic heterocycles. The molecule has 0 heterocycles. The summed E-state index contributed by atoms with van der Waals surface area (Å²) in [5, 5.41) is 3.33. The fraction of sp³-hybridized carbons (Fsp3) is 0.250. The van der Waals surface area contributed by atoms with Gasteiger partial charge in [0.15, 0.2) is 0 Å². The highest BCUT2D eigenvalue weighted by Gasteiger charge is 1.98. The van der Waals surface area contributed by atoms with Crippen LogP contribution < -0.4 is 5.32 Å². The van der Waals surface area contributed by atoms with Gasteiger partial charge in [0.1, 0.15) is 6.54 Å². The van der Waals surface area contributed by atoms with Gasteiger partial charge in [-0.15, -0.1) is 0 Å². The van der Waals surface area contributed by atoms with Crippen molar-refractivity contribution in [3.8, 4) is 0 Å². The maximum absolute atomic E-state index is 5.80. The first kappa shape index (κ1) is 8.85. The zero-order valence-electron chi connectivity index (χ0n) is 6.27. The fourth-order valence-corrected chi connectivity index (χ4v) is 1.22. The molecule has 0 saturated carbocycles. The molecule has 0 fully saturated rings. The summed E-state index contributed by atoms with van der Waals surface area (Å²) in [7, 11) is 2.02. The molecule has 1 nitrogen and oxygen atoms in total. The van der Waals surface area contributed by atoms with Crippen molar-refractivity contribution in [1.82, 2.24) is 0 Å². The topological polar surface area (TPSA) is 16.6 Å². The van der Waals surface area contributed by atoms with Gasteiger partial charge in [0.25, 0.3) is 0 Å². The highest BCUT2D eigenvalue weighted by molar-refractivity contribution is 6.41. The van der Waals surface area contributed by atoms with Gasteiger partial charge in [-0.1, -0.05) is 29.3 Å². The number of rotatable bonds is 2. The molecular formula is C8H10Cl2N+. The van der Waals surface area contributed by atoms with Crippen molar-refractivity contribution < 1.29 is 5.32 Å². The van der Waals surface area contributed by atoms with Crippen LogP contribution in [0.4, 0.5) is 0 Å². The molecule has 0 atom stereocenters. The Morgan fingerprint density at radius 3 is 2.55 bits per heavy atom. The zero-order valence-corrected chi connectivity index (χ0v) is 7.78. The van der Waals surface area contributed by atoms with Gasteiger partial charge in [0.2, 0.25) is 0 Å². The van der Waals surface area contributed by atoms with Crippen LogP contribution in [0.5, 0.6) is 0 Å². The average Bonchev–Trinajstić information content (AvgIpc) is 1.98. The Bertz CT molecular complexity index is 248. The zero-order chi connectivity index (χ0) is 8.27. The third-order valence-corrected chi connectivity index (χ3v) is 2.16. The van der Waals surface area contributed by atoms with E-state index in [1.54, 1.807) is 0 Å². The highest BCUT2D eigenvalue weighted by atomic mass is 35.5. The van der Waals surface area contributed by atoms with Gasteiger partial charge in [-0.05, 0) is 12.1 Å². The van der Waals surface area contributed by atoms with Crippen molar-refractivity contribution in [2.24, 2.45) is 0 Å². The van der Waals surface area contributed by atoms with Gasteiger partial charge in [-0.2, -0.15) is 0 Å². The van der Waals surface area contributed by atoms with E-state index in [0.717, 1.165) is 6.54 Å². The van der Waals surface area contributed by atoms with E-state index in [1.165, 1.54) is 5.56 Å². The number of hydrogen-bond donors (Lipinski definition) is 1. The average molecular weight is 191 g/mol. The lowest BCUT2D eigenvalue weighted by Gasteiger charge is -1.99. The van der Waals surface area contributed by atoms with Crippen LogP contribution in [-0.2, 0) is 6.54 Å². The molecule has 0 saturated heterocycles. The van der Waals surface area contributed by atoms with E-state index in [4.69, 9.17) is 23.2 Å². The van der Waals surface area contributed by atoms with Crippen molar-refractivity contribution in [2.75, 3.05) is 7.05 Å². The molecule has 60 valence electrons. The summed E-state index contributed by atoms with van der Waals surface area (Å²) in [5.74, 6) is 0. The molecule has 0 aliphatic rings. The lowest BCUT2D eigenvalue weighted by molar-refractivity contribution is -0.643. The molecule has 3 heteroatoms. The van der Waals surface area contributed by atoms with Crippen LogP contribution in [0.25, 0.3) is 0 Å². The molecule has 0 aliphatic carbocycles. The van der Waals surface area contributed by atoms with Crippen LogP contribution in [0, 0.1) is 0 Å². The first-order valence-corrected chi connectivity index (χ1v) is 4.21. The minimum atomic E-state index is 0.617. The van der Waals surface area contributed by atoms with Crippen LogP contribution in [0.3, 0.4) is 0 Å². The van der Waals surface area contributed by atoms with Crippen LogP contribution >= 0.6 is 23.2 Å². The summed E-state index contributed by atoms with van der Waals surface area (Å²) in [6, 6.07) is 5.70. The van der Waals surface area contributed by atoms with Gasteiger partial charge in [0, 0.05) is 5.56 Å². The molecule has 0 amide bonds. The highest BCUT2D eigenvalue weighted by Crippen LogP contribution is 2.21.